The predicted octanol–water partition coefficient (Wildman–Crippen LogP) is 0.984. The lowest BCUT2D eigenvalue weighted by molar-refractivity contribution is 0.966. The normalized spacial score (nSPS) is 8.40. The molecule has 0 aliphatic rings. The molecule has 1 heterocycles. The van der Waals surface area contributed by atoms with Gasteiger partial charge in [-0.05, 0) is 20.4 Å². The highest BCUT2D eigenvalue weighted by Gasteiger charge is 1.93. The molecule has 1 rings (SSSR count). The zero-order valence-corrected chi connectivity index (χ0v) is 7.40. The van der Waals surface area contributed by atoms with Gasteiger partial charge in [0, 0.05) is 0 Å². The Morgan fingerprint density at radius 3 is 2.20 bits per heavy atom. The van der Waals surface area contributed by atoms with Crippen LogP contribution in [0.5, 0.6) is 0 Å². The lowest BCUT2D eigenvalue weighted by Crippen LogP contribution is -1.74. The SMILES string of the molecule is CCc1nnc(C)s1.CN. The van der Waals surface area contributed by atoms with Crippen LogP contribution in [0.2, 0.25) is 0 Å². The van der Waals surface area contributed by atoms with Crippen LogP contribution in [0.3, 0.4) is 0 Å². The quantitative estimate of drug-likeness (QED) is 0.664. The second-order valence-corrected chi connectivity index (χ2v) is 2.83. The lowest BCUT2D eigenvalue weighted by atomic mass is 10.5. The molecular formula is C6H13N3S. The van der Waals surface area contributed by atoms with Crippen LogP contribution in [0.15, 0.2) is 0 Å². The molecule has 0 amide bonds. The van der Waals surface area contributed by atoms with E-state index in [1.54, 1.807) is 11.3 Å². The molecule has 1 aromatic heterocycles. The molecule has 0 saturated heterocycles. The van der Waals surface area contributed by atoms with E-state index in [1.165, 1.54) is 7.05 Å². The predicted molar refractivity (Wildman–Crippen MR) is 44.1 cm³/mol. The van der Waals surface area contributed by atoms with Crippen molar-refractivity contribution in [2.75, 3.05) is 7.05 Å². The Balaban J connectivity index is 0.000000371. The Morgan fingerprint density at radius 2 is 2.00 bits per heavy atom. The van der Waals surface area contributed by atoms with Gasteiger partial charge >= 0.3 is 0 Å². The number of hydrogen-bond donors (Lipinski definition) is 1. The van der Waals surface area contributed by atoms with Crippen molar-refractivity contribution in [2.45, 2.75) is 20.3 Å². The van der Waals surface area contributed by atoms with E-state index in [0.717, 1.165) is 16.4 Å². The van der Waals surface area contributed by atoms with E-state index in [4.69, 9.17) is 0 Å². The van der Waals surface area contributed by atoms with Gasteiger partial charge in [0.25, 0.3) is 0 Å². The highest BCUT2D eigenvalue weighted by Crippen LogP contribution is 2.06. The number of aromatic nitrogens is 2. The van der Waals surface area contributed by atoms with Crippen LogP contribution in [0.4, 0.5) is 0 Å². The first-order valence-electron chi connectivity index (χ1n) is 3.19. The zero-order chi connectivity index (χ0) is 7.98. The van der Waals surface area contributed by atoms with Crippen LogP contribution >= 0.6 is 11.3 Å². The summed E-state index contributed by atoms with van der Waals surface area (Å²) >= 11 is 1.67. The zero-order valence-electron chi connectivity index (χ0n) is 6.59. The monoisotopic (exact) mass is 159 g/mol. The van der Waals surface area contributed by atoms with Crippen LogP contribution in [-0.4, -0.2) is 17.2 Å². The highest BCUT2D eigenvalue weighted by molar-refractivity contribution is 7.11. The third-order valence-electron chi connectivity index (χ3n) is 0.870. The van der Waals surface area contributed by atoms with Gasteiger partial charge in [0.2, 0.25) is 0 Å². The van der Waals surface area contributed by atoms with Gasteiger partial charge in [-0.25, -0.2) is 0 Å². The van der Waals surface area contributed by atoms with Crippen molar-refractivity contribution in [1.29, 1.82) is 0 Å². The fourth-order valence-corrected chi connectivity index (χ4v) is 1.13. The molecule has 0 fully saturated rings. The summed E-state index contributed by atoms with van der Waals surface area (Å²) in [6, 6.07) is 0. The van der Waals surface area contributed by atoms with E-state index in [9.17, 15) is 0 Å². The number of rotatable bonds is 1. The Bertz CT molecular complexity index is 173. The molecule has 0 saturated carbocycles. The molecule has 58 valence electrons. The summed E-state index contributed by atoms with van der Waals surface area (Å²) in [5.74, 6) is 0. The minimum absolute atomic E-state index is 1.01. The van der Waals surface area contributed by atoms with E-state index in [1.807, 2.05) is 6.92 Å². The van der Waals surface area contributed by atoms with Crippen molar-refractivity contribution < 1.29 is 0 Å². The van der Waals surface area contributed by atoms with E-state index in [-0.39, 0.29) is 0 Å². The van der Waals surface area contributed by atoms with E-state index in [0.29, 0.717) is 0 Å². The van der Waals surface area contributed by atoms with Gasteiger partial charge in [-0.3, -0.25) is 0 Å². The molecule has 0 aliphatic carbocycles. The second kappa shape index (κ2) is 5.32. The largest absolute Gasteiger partial charge is 0.333 e. The molecule has 10 heavy (non-hydrogen) atoms. The Hall–Kier alpha value is -0.480. The maximum absolute atomic E-state index is 4.50. The topological polar surface area (TPSA) is 51.8 Å². The van der Waals surface area contributed by atoms with Crippen LogP contribution < -0.4 is 5.73 Å². The maximum atomic E-state index is 4.50. The third kappa shape index (κ3) is 2.89. The van der Waals surface area contributed by atoms with Crippen molar-refractivity contribution in [3.8, 4) is 0 Å². The average Bonchev–Trinajstić information content (AvgIpc) is 2.40. The molecule has 1 aromatic rings. The average molecular weight is 159 g/mol. The summed E-state index contributed by atoms with van der Waals surface area (Å²) in [5.41, 5.74) is 4.50. The summed E-state index contributed by atoms with van der Waals surface area (Å²) in [7, 11) is 1.50. The van der Waals surface area contributed by atoms with Crippen LogP contribution in [0.25, 0.3) is 0 Å². The van der Waals surface area contributed by atoms with Crippen molar-refractivity contribution in [3.63, 3.8) is 0 Å². The lowest BCUT2D eigenvalue weighted by Gasteiger charge is -1.75. The molecule has 0 spiro atoms. The molecule has 2 N–H and O–H groups in total. The maximum Gasteiger partial charge on any atom is 0.117 e. The van der Waals surface area contributed by atoms with Crippen LogP contribution in [-0.2, 0) is 6.42 Å². The second-order valence-electron chi connectivity index (χ2n) is 1.57. The van der Waals surface area contributed by atoms with E-state index < -0.39 is 0 Å². The Morgan fingerprint density at radius 1 is 1.40 bits per heavy atom. The number of hydrogen-bond acceptors (Lipinski definition) is 4. The first-order chi connectivity index (χ1) is 4.83. The van der Waals surface area contributed by atoms with Crippen molar-refractivity contribution in [1.82, 2.24) is 10.2 Å². The minimum Gasteiger partial charge on any atom is -0.333 e. The van der Waals surface area contributed by atoms with Gasteiger partial charge in [0.05, 0.1) is 0 Å². The van der Waals surface area contributed by atoms with Crippen molar-refractivity contribution in [3.05, 3.63) is 10.0 Å². The molecule has 0 atom stereocenters. The van der Waals surface area contributed by atoms with Gasteiger partial charge in [0.1, 0.15) is 10.0 Å². The summed E-state index contributed by atoms with van der Waals surface area (Å²) in [6.45, 7) is 4.05. The molecule has 3 nitrogen and oxygen atoms in total. The number of nitrogens with zero attached hydrogens (tertiary/aromatic N) is 2. The molecule has 4 heteroatoms. The number of nitrogens with two attached hydrogens (primary N) is 1. The highest BCUT2D eigenvalue weighted by atomic mass is 32.1. The van der Waals surface area contributed by atoms with Gasteiger partial charge in [-0.15, -0.1) is 21.5 Å². The van der Waals surface area contributed by atoms with Crippen LogP contribution in [0.1, 0.15) is 16.9 Å². The standard InChI is InChI=1S/C5H8N2S.CH5N/c1-3-5-7-6-4(2)8-5;1-2/h3H2,1-2H3;2H2,1H3. The van der Waals surface area contributed by atoms with Gasteiger partial charge < -0.3 is 5.73 Å². The fraction of sp³-hybridized carbons (Fsp3) is 0.667. The van der Waals surface area contributed by atoms with Crippen molar-refractivity contribution in [2.24, 2.45) is 5.73 Å². The smallest absolute Gasteiger partial charge is 0.117 e. The third-order valence-corrected chi connectivity index (χ3v) is 1.85. The summed E-state index contributed by atoms with van der Waals surface area (Å²) in [6.07, 6.45) is 1.01. The summed E-state index contributed by atoms with van der Waals surface area (Å²) < 4.78 is 0. The van der Waals surface area contributed by atoms with Gasteiger partial charge in [-0.1, -0.05) is 6.92 Å². The van der Waals surface area contributed by atoms with Gasteiger partial charge in [-0.2, -0.15) is 0 Å². The summed E-state index contributed by atoms with van der Waals surface area (Å²) in [4.78, 5) is 0. The van der Waals surface area contributed by atoms with E-state index >= 15 is 0 Å². The van der Waals surface area contributed by atoms with E-state index in [2.05, 4.69) is 22.9 Å². The Kier molecular flexibility index (Phi) is 5.06. The molecular weight excluding hydrogens is 146 g/mol. The minimum atomic E-state index is 1.01. The molecule has 0 aliphatic heterocycles. The molecule has 0 aromatic carbocycles. The molecule has 0 unspecified atom stereocenters. The number of aryl methyl sites for hydroxylation is 2. The first-order valence-corrected chi connectivity index (χ1v) is 4.01. The fourth-order valence-electron chi connectivity index (χ4n) is 0.480. The van der Waals surface area contributed by atoms with Gasteiger partial charge in [0.15, 0.2) is 0 Å². The van der Waals surface area contributed by atoms with Crippen molar-refractivity contribution >= 4 is 11.3 Å². The first kappa shape index (κ1) is 9.52. The molecule has 0 radical (unpaired) electrons. The summed E-state index contributed by atoms with van der Waals surface area (Å²) in [5, 5.41) is 9.94. The van der Waals surface area contributed by atoms with Crippen LogP contribution in [0, 0.1) is 6.92 Å². The molecule has 0 bridgehead atoms. The Labute approximate surface area is 65.3 Å².